The molecule has 1 aromatic carbocycles. The van der Waals surface area contributed by atoms with Crippen LogP contribution >= 0.6 is 0 Å². The van der Waals surface area contributed by atoms with Crippen molar-refractivity contribution >= 4 is 6.03 Å². The van der Waals surface area contributed by atoms with Gasteiger partial charge in [-0.15, -0.1) is 0 Å². The molecule has 6 heteroatoms. The minimum absolute atomic E-state index is 0.0326. The second kappa shape index (κ2) is 9.06. The van der Waals surface area contributed by atoms with Gasteiger partial charge in [0, 0.05) is 38.3 Å². The van der Waals surface area contributed by atoms with Gasteiger partial charge in [0.2, 0.25) is 5.88 Å². The smallest absolute Gasteiger partial charge is 0.317 e. The van der Waals surface area contributed by atoms with Crippen LogP contribution in [0.2, 0.25) is 0 Å². The van der Waals surface area contributed by atoms with E-state index in [1.807, 2.05) is 35.2 Å². The number of carbonyl (C=O) groups is 1. The lowest BCUT2D eigenvalue weighted by Gasteiger charge is -2.33. The number of urea groups is 1. The van der Waals surface area contributed by atoms with Crippen molar-refractivity contribution < 1.29 is 14.3 Å². The van der Waals surface area contributed by atoms with Crippen LogP contribution in [0.3, 0.4) is 0 Å². The Kier molecular flexibility index (Phi) is 6.07. The summed E-state index contributed by atoms with van der Waals surface area (Å²) in [5.74, 6) is 1.32. The number of pyridine rings is 1. The lowest BCUT2D eigenvalue weighted by atomic mass is 10.1. The highest BCUT2D eigenvalue weighted by atomic mass is 16.5. The average Bonchev–Trinajstić information content (AvgIpc) is 3.56. The van der Waals surface area contributed by atoms with Crippen LogP contribution in [0.15, 0.2) is 48.7 Å². The number of amides is 2. The highest BCUT2D eigenvalue weighted by molar-refractivity contribution is 5.74. The highest BCUT2D eigenvalue weighted by Gasteiger charge is 2.24. The van der Waals surface area contributed by atoms with E-state index in [1.54, 1.807) is 6.20 Å². The first kappa shape index (κ1) is 18.7. The zero-order chi connectivity index (χ0) is 19.2. The van der Waals surface area contributed by atoms with E-state index in [-0.39, 0.29) is 12.1 Å². The highest BCUT2D eigenvalue weighted by Crippen LogP contribution is 2.29. The van der Waals surface area contributed by atoms with E-state index >= 15 is 0 Å². The van der Waals surface area contributed by atoms with Crippen LogP contribution in [0.1, 0.15) is 24.0 Å². The van der Waals surface area contributed by atoms with Gasteiger partial charge in [-0.05, 0) is 36.0 Å². The van der Waals surface area contributed by atoms with Gasteiger partial charge in [0.1, 0.15) is 0 Å². The van der Waals surface area contributed by atoms with E-state index in [0.717, 1.165) is 18.6 Å². The lowest BCUT2D eigenvalue weighted by molar-refractivity contribution is -0.0133. The summed E-state index contributed by atoms with van der Waals surface area (Å²) in [6.45, 7) is 2.98. The molecule has 2 fully saturated rings. The Morgan fingerprint density at radius 1 is 1.21 bits per heavy atom. The Labute approximate surface area is 165 Å². The van der Waals surface area contributed by atoms with Crippen LogP contribution in [-0.4, -0.2) is 48.3 Å². The van der Waals surface area contributed by atoms with Gasteiger partial charge < -0.3 is 19.7 Å². The van der Waals surface area contributed by atoms with E-state index in [4.69, 9.17) is 9.47 Å². The fraction of sp³-hybridized carbons (Fsp3) is 0.455. The summed E-state index contributed by atoms with van der Waals surface area (Å²) < 4.78 is 11.6. The van der Waals surface area contributed by atoms with Gasteiger partial charge in [0.25, 0.3) is 0 Å². The summed E-state index contributed by atoms with van der Waals surface area (Å²) in [6.07, 6.45) is 5.08. The number of benzene rings is 1. The Hall–Kier alpha value is -2.60. The number of hydrogen-bond acceptors (Lipinski definition) is 4. The molecule has 4 rings (SSSR count). The zero-order valence-corrected chi connectivity index (χ0v) is 16.0. The number of morpholine rings is 1. The molecule has 1 aliphatic carbocycles. The standard InChI is InChI=1S/C22H27N3O3/c26-22(24-14-19-8-9-23-21(13-19)28-16-18-6-7-18)25-10-11-27-20(15-25)12-17-4-2-1-3-5-17/h1-5,8-9,13,18,20H,6-7,10-12,14-16H2,(H,24,26). The summed E-state index contributed by atoms with van der Waals surface area (Å²) in [6, 6.07) is 14.0. The molecule has 2 aliphatic rings. The molecule has 1 N–H and O–H groups in total. The Bertz CT molecular complexity index is 780. The largest absolute Gasteiger partial charge is 0.477 e. The van der Waals surface area contributed by atoms with Gasteiger partial charge >= 0.3 is 6.03 Å². The predicted octanol–water partition coefficient (Wildman–Crippen LogP) is 3.02. The fourth-order valence-electron chi connectivity index (χ4n) is 3.32. The molecule has 1 aromatic heterocycles. The van der Waals surface area contributed by atoms with Gasteiger partial charge in [0.05, 0.1) is 19.3 Å². The van der Waals surface area contributed by atoms with Crippen molar-refractivity contribution in [3.8, 4) is 5.88 Å². The minimum atomic E-state index is -0.0568. The monoisotopic (exact) mass is 381 g/mol. The quantitative estimate of drug-likeness (QED) is 0.801. The van der Waals surface area contributed by atoms with E-state index in [1.165, 1.54) is 18.4 Å². The van der Waals surface area contributed by atoms with Crippen LogP contribution in [0.5, 0.6) is 5.88 Å². The normalized spacial score (nSPS) is 19.3. The molecule has 0 radical (unpaired) electrons. The second-order valence-electron chi connectivity index (χ2n) is 7.54. The van der Waals surface area contributed by atoms with Crippen LogP contribution in [0.4, 0.5) is 4.79 Å². The number of carbonyl (C=O) groups excluding carboxylic acids is 1. The summed E-state index contributed by atoms with van der Waals surface area (Å²) >= 11 is 0. The average molecular weight is 381 g/mol. The number of nitrogens with zero attached hydrogens (tertiary/aromatic N) is 2. The second-order valence-corrected chi connectivity index (χ2v) is 7.54. The van der Waals surface area contributed by atoms with Gasteiger partial charge in [-0.1, -0.05) is 30.3 Å². The topological polar surface area (TPSA) is 63.7 Å². The summed E-state index contributed by atoms with van der Waals surface area (Å²) in [7, 11) is 0. The third-order valence-electron chi connectivity index (χ3n) is 5.14. The van der Waals surface area contributed by atoms with Gasteiger partial charge in [-0.2, -0.15) is 0 Å². The number of rotatable bonds is 7. The third kappa shape index (κ3) is 5.45. The predicted molar refractivity (Wildman–Crippen MR) is 106 cm³/mol. The molecule has 28 heavy (non-hydrogen) atoms. The van der Waals surface area contributed by atoms with E-state index in [9.17, 15) is 4.79 Å². The third-order valence-corrected chi connectivity index (χ3v) is 5.14. The van der Waals surface area contributed by atoms with Crippen molar-refractivity contribution in [2.75, 3.05) is 26.3 Å². The van der Waals surface area contributed by atoms with Gasteiger partial charge in [0.15, 0.2) is 0 Å². The SMILES string of the molecule is O=C(NCc1ccnc(OCC2CC2)c1)N1CCOC(Cc2ccccc2)C1. The zero-order valence-electron chi connectivity index (χ0n) is 16.0. The fourth-order valence-corrected chi connectivity index (χ4v) is 3.32. The van der Waals surface area contributed by atoms with E-state index in [2.05, 4.69) is 22.4 Å². The van der Waals surface area contributed by atoms with Crippen molar-refractivity contribution in [3.63, 3.8) is 0 Å². The Balaban J connectivity index is 1.25. The maximum atomic E-state index is 12.6. The molecule has 1 saturated heterocycles. The van der Waals surface area contributed by atoms with Crippen LogP contribution < -0.4 is 10.1 Å². The van der Waals surface area contributed by atoms with Crippen LogP contribution in [0.25, 0.3) is 0 Å². The number of hydrogen-bond donors (Lipinski definition) is 1. The first-order chi connectivity index (χ1) is 13.8. The molecule has 1 aliphatic heterocycles. The molecule has 2 amide bonds. The number of nitrogens with one attached hydrogen (secondary N) is 1. The van der Waals surface area contributed by atoms with Crippen molar-refractivity contribution in [1.29, 1.82) is 0 Å². The number of ether oxygens (including phenoxy) is 2. The molecular formula is C22H27N3O3. The summed E-state index contributed by atoms with van der Waals surface area (Å²) in [5.41, 5.74) is 2.22. The van der Waals surface area contributed by atoms with Gasteiger partial charge in [-0.25, -0.2) is 9.78 Å². The van der Waals surface area contributed by atoms with Crippen molar-refractivity contribution in [3.05, 3.63) is 59.8 Å². The molecule has 148 valence electrons. The van der Waals surface area contributed by atoms with E-state index < -0.39 is 0 Å². The van der Waals surface area contributed by atoms with Crippen LogP contribution in [-0.2, 0) is 17.7 Å². The minimum Gasteiger partial charge on any atom is -0.477 e. The summed E-state index contributed by atoms with van der Waals surface area (Å²) in [5, 5.41) is 3.01. The maximum absolute atomic E-state index is 12.6. The molecule has 6 nitrogen and oxygen atoms in total. The molecule has 1 saturated carbocycles. The Morgan fingerprint density at radius 2 is 2.07 bits per heavy atom. The first-order valence-electron chi connectivity index (χ1n) is 10.0. The number of aromatic nitrogens is 1. The van der Waals surface area contributed by atoms with Crippen molar-refractivity contribution in [1.82, 2.24) is 15.2 Å². The molecule has 1 atom stereocenters. The van der Waals surface area contributed by atoms with Crippen molar-refractivity contribution in [2.45, 2.75) is 31.9 Å². The molecule has 0 spiro atoms. The molecule has 0 bridgehead atoms. The Morgan fingerprint density at radius 3 is 2.89 bits per heavy atom. The summed E-state index contributed by atoms with van der Waals surface area (Å²) in [4.78, 5) is 18.7. The molecule has 1 unspecified atom stereocenters. The van der Waals surface area contributed by atoms with E-state index in [0.29, 0.717) is 38.0 Å². The molecular weight excluding hydrogens is 354 g/mol. The van der Waals surface area contributed by atoms with Crippen LogP contribution in [0, 0.1) is 5.92 Å². The maximum Gasteiger partial charge on any atom is 0.317 e. The van der Waals surface area contributed by atoms with Gasteiger partial charge in [-0.3, -0.25) is 0 Å². The molecule has 2 heterocycles. The van der Waals surface area contributed by atoms with Crippen molar-refractivity contribution in [2.24, 2.45) is 5.92 Å². The molecule has 2 aromatic rings. The first-order valence-corrected chi connectivity index (χ1v) is 10.0. The lowest BCUT2D eigenvalue weighted by Crippen LogP contribution is -2.50.